The van der Waals surface area contributed by atoms with Crippen LogP contribution in [0.3, 0.4) is 0 Å². The Morgan fingerprint density at radius 1 is 1.44 bits per heavy atom. The van der Waals surface area contributed by atoms with E-state index in [1.165, 1.54) is 14.0 Å². The lowest BCUT2D eigenvalue weighted by Gasteiger charge is -2.45. The van der Waals surface area contributed by atoms with E-state index in [0.717, 1.165) is 24.7 Å². The normalized spacial score (nSPS) is 34.2. The van der Waals surface area contributed by atoms with Crippen molar-refractivity contribution in [1.29, 1.82) is 0 Å². The topological polar surface area (TPSA) is 114 Å². The summed E-state index contributed by atoms with van der Waals surface area (Å²) in [6, 6.07) is 0. The molecule has 9 nitrogen and oxygen atoms in total. The van der Waals surface area contributed by atoms with Gasteiger partial charge in [0.2, 0.25) is 0 Å². The van der Waals surface area contributed by atoms with E-state index in [1.807, 2.05) is 6.92 Å². The Kier molecular flexibility index (Phi) is 7.30. The Labute approximate surface area is 203 Å². The monoisotopic (exact) mass is 487 g/mol. The van der Waals surface area contributed by atoms with Crippen LogP contribution in [0.2, 0.25) is 0 Å². The number of hydrogen-bond acceptors (Lipinski definition) is 7. The van der Waals surface area contributed by atoms with Crippen molar-refractivity contribution >= 4 is 11.9 Å². The molecule has 1 aliphatic rings. The van der Waals surface area contributed by atoms with E-state index in [0.29, 0.717) is 23.1 Å². The third kappa shape index (κ3) is 5.13. The third-order valence-corrected chi connectivity index (χ3v) is 6.82. The average molecular weight is 488 g/mol. The van der Waals surface area contributed by atoms with Crippen molar-refractivity contribution in [3.05, 3.63) is 22.5 Å². The molecule has 0 radical (unpaired) electrons. The molecule has 6 atom stereocenters. The van der Waals surface area contributed by atoms with Crippen molar-refractivity contribution in [2.45, 2.75) is 104 Å². The summed E-state index contributed by atoms with van der Waals surface area (Å²) in [4.78, 5) is 29.8. The van der Waals surface area contributed by atoms with Gasteiger partial charge in [0.25, 0.3) is 0 Å². The van der Waals surface area contributed by atoms with Crippen molar-refractivity contribution in [1.82, 2.24) is 9.55 Å². The van der Waals surface area contributed by atoms with Crippen molar-refractivity contribution in [2.24, 2.45) is 11.3 Å². The minimum absolute atomic E-state index is 0.304. The number of nitrogens with zero attached hydrogens (tertiary/aromatic N) is 3. The molecule has 0 saturated carbocycles. The van der Waals surface area contributed by atoms with Crippen molar-refractivity contribution in [3.8, 4) is 0 Å². The zero-order valence-electron chi connectivity index (χ0n) is 23.6. The van der Waals surface area contributed by atoms with Gasteiger partial charge in [0.05, 0.1) is 8.94 Å². The molecule has 1 fully saturated rings. The van der Waals surface area contributed by atoms with Gasteiger partial charge in [-0.05, 0) is 38.5 Å². The van der Waals surface area contributed by atoms with Crippen molar-refractivity contribution in [3.63, 3.8) is 0 Å². The molecule has 0 aliphatic carbocycles. The summed E-state index contributed by atoms with van der Waals surface area (Å²) in [7, 11) is 1.19. The number of halogens is 1. The lowest BCUT2D eigenvalue weighted by molar-refractivity contribution is -0.183. The third-order valence-electron chi connectivity index (χ3n) is 6.82. The Hall–Kier alpha value is -2.04. The first-order chi connectivity index (χ1) is 16.2. The molecule has 0 spiro atoms. The van der Waals surface area contributed by atoms with E-state index in [2.05, 4.69) is 11.9 Å². The second kappa shape index (κ2) is 9.91. The maximum Gasteiger partial charge on any atom is 0.415 e. The first kappa shape index (κ1) is 25.1. The van der Waals surface area contributed by atoms with Gasteiger partial charge in [0, 0.05) is 7.05 Å². The molecule has 2 unspecified atom stereocenters. The molecule has 2 rings (SSSR count). The van der Waals surface area contributed by atoms with Crippen LogP contribution in [0.4, 0.5) is 15.0 Å². The quantitative estimate of drug-likeness (QED) is 0.604. The van der Waals surface area contributed by atoms with Gasteiger partial charge >= 0.3 is 11.8 Å². The molecular weight excluding hydrogens is 445 g/mol. The Morgan fingerprint density at radius 2 is 2.03 bits per heavy atom. The standard InChI is InChI=1S/C24H40FN3O6/c1-10-11-14(2)12-15(3)33-21(31)27(9)18-16(25)13-28(20(30)26-18)19-17(29)23(7,32)24(8,34-19)22(4,5)6/h13-15,17,19,29,32H,10-12H2,1-9H3/t14?,15?,17-,19+,23-,24+/m0/s1/i17D,19D. The van der Waals surface area contributed by atoms with Crippen LogP contribution in [-0.4, -0.2) is 56.3 Å². The minimum Gasteiger partial charge on any atom is -0.446 e. The molecule has 1 aliphatic heterocycles. The highest BCUT2D eigenvalue weighted by molar-refractivity contribution is 5.85. The van der Waals surface area contributed by atoms with E-state index in [4.69, 9.17) is 12.2 Å². The highest BCUT2D eigenvalue weighted by atomic mass is 19.1. The molecule has 2 N–H and O–H groups in total. The van der Waals surface area contributed by atoms with Crippen LogP contribution < -0.4 is 10.6 Å². The summed E-state index contributed by atoms with van der Waals surface area (Å²) in [5, 5.41) is 22.1. The first-order valence-electron chi connectivity index (χ1n) is 12.6. The molecular formula is C24H40FN3O6. The van der Waals surface area contributed by atoms with Crippen molar-refractivity contribution in [2.75, 3.05) is 11.9 Å². The molecule has 2 heterocycles. The van der Waals surface area contributed by atoms with Crippen LogP contribution in [0.25, 0.3) is 0 Å². The van der Waals surface area contributed by atoms with Crippen LogP contribution in [0.15, 0.2) is 11.0 Å². The molecule has 1 aromatic heterocycles. The van der Waals surface area contributed by atoms with E-state index < -0.39 is 58.4 Å². The average Bonchev–Trinajstić information content (AvgIpc) is 2.83. The van der Waals surface area contributed by atoms with Crippen LogP contribution in [0, 0.1) is 17.2 Å². The second-order valence-corrected chi connectivity index (χ2v) is 10.6. The summed E-state index contributed by atoms with van der Waals surface area (Å²) in [5.74, 6) is -1.53. The maximum absolute atomic E-state index is 15.2. The van der Waals surface area contributed by atoms with Gasteiger partial charge in [0.15, 0.2) is 17.8 Å². The number of ether oxygens (including phenoxy) is 2. The number of aromatic nitrogens is 2. The van der Waals surface area contributed by atoms with E-state index >= 15 is 4.39 Å². The van der Waals surface area contributed by atoms with E-state index in [9.17, 15) is 19.8 Å². The number of aliphatic hydroxyl groups is 2. The van der Waals surface area contributed by atoms with Gasteiger partial charge in [-0.15, -0.1) is 0 Å². The van der Waals surface area contributed by atoms with Crippen molar-refractivity contribution < 1.29 is 31.6 Å². The Balaban J connectivity index is 2.44. The molecule has 10 heteroatoms. The molecule has 194 valence electrons. The largest absolute Gasteiger partial charge is 0.446 e. The van der Waals surface area contributed by atoms with Gasteiger partial charge in [0.1, 0.15) is 23.4 Å². The highest BCUT2D eigenvalue weighted by Gasteiger charge is 2.65. The second-order valence-electron chi connectivity index (χ2n) is 10.6. The summed E-state index contributed by atoms with van der Waals surface area (Å²) < 4.78 is 43.8. The predicted octanol–water partition coefficient (Wildman–Crippen LogP) is 3.62. The first-order valence-corrected chi connectivity index (χ1v) is 11.6. The summed E-state index contributed by atoms with van der Waals surface area (Å²) in [6.45, 7) is 13.3. The van der Waals surface area contributed by atoms with Gasteiger partial charge in [-0.2, -0.15) is 4.98 Å². The molecule has 1 aromatic rings. The lowest BCUT2D eigenvalue weighted by atomic mass is 9.67. The maximum atomic E-state index is 15.2. The molecule has 34 heavy (non-hydrogen) atoms. The number of carbonyl (C=O) groups is 1. The van der Waals surface area contributed by atoms with Crippen LogP contribution >= 0.6 is 0 Å². The summed E-state index contributed by atoms with van der Waals surface area (Å²) >= 11 is 0. The van der Waals surface area contributed by atoms with Gasteiger partial charge in [-0.25, -0.2) is 14.0 Å². The molecule has 1 saturated heterocycles. The van der Waals surface area contributed by atoms with Crippen LogP contribution in [-0.2, 0) is 9.47 Å². The van der Waals surface area contributed by atoms with Crippen LogP contribution in [0.1, 0.15) is 83.6 Å². The number of amides is 1. The van der Waals surface area contributed by atoms with Crippen LogP contribution in [0.5, 0.6) is 0 Å². The molecule has 1 amide bonds. The fraction of sp³-hybridized carbons (Fsp3) is 0.792. The number of rotatable bonds is 7. The number of carbonyl (C=O) groups excluding carboxylic acids is 1. The predicted molar refractivity (Wildman–Crippen MR) is 126 cm³/mol. The number of anilines is 1. The van der Waals surface area contributed by atoms with Gasteiger partial charge in [-0.3, -0.25) is 9.47 Å². The smallest absolute Gasteiger partial charge is 0.415 e. The zero-order valence-corrected chi connectivity index (χ0v) is 21.6. The Morgan fingerprint density at radius 3 is 2.53 bits per heavy atom. The van der Waals surface area contributed by atoms with Gasteiger partial charge in [-0.1, -0.05) is 47.5 Å². The Bertz CT molecular complexity index is 1040. The fourth-order valence-electron chi connectivity index (χ4n) is 4.19. The number of hydrogen-bond donors (Lipinski definition) is 2. The summed E-state index contributed by atoms with van der Waals surface area (Å²) in [6.07, 6.45) is -4.37. The van der Waals surface area contributed by atoms with E-state index in [1.54, 1.807) is 27.7 Å². The van der Waals surface area contributed by atoms with Gasteiger partial charge < -0.3 is 19.7 Å². The minimum atomic E-state index is -3.11. The zero-order chi connectivity index (χ0) is 28.1. The summed E-state index contributed by atoms with van der Waals surface area (Å²) in [5.41, 5.74) is -6.26. The molecule has 0 aromatic carbocycles. The van der Waals surface area contributed by atoms with E-state index in [-0.39, 0.29) is 0 Å². The highest BCUT2D eigenvalue weighted by Crippen LogP contribution is 2.52. The molecule has 0 bridgehead atoms. The fourth-order valence-corrected chi connectivity index (χ4v) is 4.19. The SMILES string of the molecule is [2H][C@@]1(O)[C@](C)(O)[C@@](C)(C(C)(C)C)O[C@@]1([2H])n1cc(F)c(N(C)C(=O)OC(C)CC(C)CCC)nc1=O. The lowest BCUT2D eigenvalue weighted by Crippen LogP contribution is -2.59.